The molecule has 1 saturated heterocycles. The van der Waals surface area contributed by atoms with E-state index in [9.17, 15) is 9.59 Å². The monoisotopic (exact) mass is 430 g/mol. The fourth-order valence-corrected chi connectivity index (χ4v) is 9.38. The number of carbonyl (C=O) groups is 1. The maximum atomic E-state index is 13.0. The molecule has 1 amide bonds. The Hall–Kier alpha value is -1.47. The lowest BCUT2D eigenvalue weighted by Gasteiger charge is -2.39. The number of likely N-dealkylation sites (tertiary alicyclic amines) is 1. The standard InChI is InChI=1S/C22H26N2O3S2/c25-16(23-8-2-1-3-9-23)12-24-21-20(29-22(24)26)18(15-5-4-10-27-15)17-13-6-7-14(11-13)19(17)28-21/h4-5,10,13-14,17-19H,1-3,6-9,11-12H2. The second-order valence-corrected chi connectivity index (χ2v) is 11.2. The van der Waals surface area contributed by atoms with Crippen molar-refractivity contribution in [2.75, 3.05) is 13.1 Å². The van der Waals surface area contributed by atoms with Crippen LogP contribution in [0.2, 0.25) is 0 Å². The van der Waals surface area contributed by atoms with Gasteiger partial charge in [0.25, 0.3) is 0 Å². The van der Waals surface area contributed by atoms with Gasteiger partial charge in [-0.05, 0) is 68.4 Å². The quantitative estimate of drug-likeness (QED) is 0.733. The van der Waals surface area contributed by atoms with Crippen molar-refractivity contribution in [3.8, 4) is 0 Å². The molecule has 2 bridgehead atoms. The minimum Gasteiger partial charge on any atom is -0.469 e. The molecule has 6 rings (SSSR count). The lowest BCUT2D eigenvalue weighted by atomic mass is 9.77. The van der Waals surface area contributed by atoms with Crippen molar-refractivity contribution in [3.63, 3.8) is 0 Å². The van der Waals surface area contributed by atoms with Crippen molar-refractivity contribution < 1.29 is 9.21 Å². The van der Waals surface area contributed by atoms with Crippen LogP contribution < -0.4 is 4.87 Å². The smallest absolute Gasteiger partial charge is 0.308 e. The Balaban J connectivity index is 1.39. The Morgan fingerprint density at radius 2 is 2.00 bits per heavy atom. The zero-order valence-corrected chi connectivity index (χ0v) is 18.1. The van der Waals surface area contributed by atoms with Gasteiger partial charge in [-0.1, -0.05) is 11.3 Å². The summed E-state index contributed by atoms with van der Waals surface area (Å²) in [4.78, 5) is 29.0. The predicted octanol–water partition coefficient (Wildman–Crippen LogP) is 4.17. The summed E-state index contributed by atoms with van der Waals surface area (Å²) in [5, 5.41) is 1.59. The van der Waals surface area contributed by atoms with E-state index in [2.05, 4.69) is 6.07 Å². The van der Waals surface area contributed by atoms with Crippen molar-refractivity contribution in [2.24, 2.45) is 17.8 Å². The highest BCUT2D eigenvalue weighted by molar-refractivity contribution is 8.00. The lowest BCUT2D eigenvalue weighted by Crippen LogP contribution is -2.39. The number of piperidine rings is 1. The average Bonchev–Trinajstić information content (AvgIpc) is 3.53. The molecular formula is C22H26N2O3S2. The van der Waals surface area contributed by atoms with Gasteiger partial charge in [0, 0.05) is 18.3 Å². The number of fused-ring (bicyclic) bond motifs is 6. The van der Waals surface area contributed by atoms with E-state index in [-0.39, 0.29) is 23.2 Å². The SMILES string of the molecule is O=C(Cn1c2c(sc1=O)C(c1ccco1)C1C3CCC(C3)C1S2)N1CCCCC1. The number of amides is 1. The van der Waals surface area contributed by atoms with Crippen molar-refractivity contribution >= 4 is 29.0 Å². The molecule has 29 heavy (non-hydrogen) atoms. The molecule has 2 aliphatic carbocycles. The van der Waals surface area contributed by atoms with Gasteiger partial charge >= 0.3 is 4.87 Å². The van der Waals surface area contributed by atoms with Crippen LogP contribution >= 0.6 is 23.1 Å². The van der Waals surface area contributed by atoms with Crippen LogP contribution in [0.1, 0.15) is 55.1 Å². The number of hydrogen-bond acceptors (Lipinski definition) is 5. The molecule has 2 aliphatic heterocycles. The first-order chi connectivity index (χ1) is 14.2. The molecule has 154 valence electrons. The molecule has 0 spiro atoms. The zero-order chi connectivity index (χ0) is 19.5. The first-order valence-corrected chi connectivity index (χ1v) is 12.6. The van der Waals surface area contributed by atoms with Crippen LogP contribution in [0.5, 0.6) is 0 Å². The number of thioether (sulfide) groups is 1. The molecule has 0 N–H and O–H groups in total. The molecule has 4 aliphatic rings. The number of rotatable bonds is 3. The third kappa shape index (κ3) is 2.87. The summed E-state index contributed by atoms with van der Waals surface area (Å²) in [7, 11) is 0. The second kappa shape index (κ2) is 7.05. The van der Waals surface area contributed by atoms with E-state index in [1.165, 1.54) is 37.0 Å². The van der Waals surface area contributed by atoms with Crippen LogP contribution in [0.25, 0.3) is 0 Å². The first kappa shape index (κ1) is 18.3. The van der Waals surface area contributed by atoms with Crippen LogP contribution in [0.15, 0.2) is 32.6 Å². The van der Waals surface area contributed by atoms with E-state index >= 15 is 0 Å². The van der Waals surface area contributed by atoms with E-state index < -0.39 is 0 Å². The van der Waals surface area contributed by atoms with Gasteiger partial charge in [0.2, 0.25) is 5.91 Å². The van der Waals surface area contributed by atoms with Crippen molar-refractivity contribution in [1.29, 1.82) is 0 Å². The van der Waals surface area contributed by atoms with E-state index in [4.69, 9.17) is 4.42 Å². The Bertz CT molecular complexity index is 973. The summed E-state index contributed by atoms with van der Waals surface area (Å²) in [6.07, 6.45) is 9.02. The molecular weight excluding hydrogens is 404 g/mol. The predicted molar refractivity (Wildman–Crippen MR) is 114 cm³/mol. The van der Waals surface area contributed by atoms with Gasteiger partial charge in [-0.3, -0.25) is 14.2 Å². The maximum absolute atomic E-state index is 13.0. The average molecular weight is 431 g/mol. The molecule has 3 fully saturated rings. The summed E-state index contributed by atoms with van der Waals surface area (Å²) >= 11 is 3.23. The highest BCUT2D eigenvalue weighted by Crippen LogP contribution is 2.64. The lowest BCUT2D eigenvalue weighted by molar-refractivity contribution is -0.132. The fraction of sp³-hybridized carbons (Fsp3) is 0.636. The first-order valence-electron chi connectivity index (χ1n) is 10.9. The van der Waals surface area contributed by atoms with E-state index in [0.29, 0.717) is 11.2 Å². The van der Waals surface area contributed by atoms with Gasteiger partial charge in [-0.25, -0.2) is 0 Å². The summed E-state index contributed by atoms with van der Waals surface area (Å²) < 4.78 is 7.66. The van der Waals surface area contributed by atoms with Crippen molar-refractivity contribution in [3.05, 3.63) is 38.7 Å². The second-order valence-electron chi connectivity index (χ2n) is 9.05. The van der Waals surface area contributed by atoms with E-state index in [0.717, 1.165) is 53.4 Å². The summed E-state index contributed by atoms with van der Waals surface area (Å²) in [6, 6.07) is 4.03. The number of carbonyl (C=O) groups excluding carboxylic acids is 1. The van der Waals surface area contributed by atoms with Gasteiger partial charge in [-0.2, -0.15) is 0 Å². The third-order valence-corrected chi connectivity index (χ3v) is 10.4. The molecule has 7 heteroatoms. The number of furan rings is 1. The van der Waals surface area contributed by atoms with Gasteiger partial charge in [0.05, 0.1) is 22.1 Å². The molecule has 5 atom stereocenters. The van der Waals surface area contributed by atoms with E-state index in [1.54, 1.807) is 10.8 Å². The topological polar surface area (TPSA) is 55.5 Å². The van der Waals surface area contributed by atoms with Gasteiger partial charge in [0.1, 0.15) is 12.3 Å². The molecule has 5 nitrogen and oxygen atoms in total. The molecule has 4 heterocycles. The van der Waals surface area contributed by atoms with Crippen LogP contribution in [0.4, 0.5) is 0 Å². The van der Waals surface area contributed by atoms with Gasteiger partial charge < -0.3 is 9.32 Å². The van der Waals surface area contributed by atoms with Crippen LogP contribution in [-0.2, 0) is 11.3 Å². The number of aromatic nitrogens is 1. The van der Waals surface area contributed by atoms with Crippen LogP contribution in [-0.4, -0.2) is 33.7 Å². The summed E-state index contributed by atoms with van der Waals surface area (Å²) in [5.41, 5.74) is 0. The highest BCUT2D eigenvalue weighted by atomic mass is 32.2. The number of thiazole rings is 1. The van der Waals surface area contributed by atoms with Crippen LogP contribution in [0.3, 0.4) is 0 Å². The van der Waals surface area contributed by atoms with Crippen molar-refractivity contribution in [1.82, 2.24) is 9.47 Å². The molecule has 2 saturated carbocycles. The molecule has 0 aromatic carbocycles. The normalized spacial score (nSPS) is 33.0. The summed E-state index contributed by atoms with van der Waals surface area (Å²) in [5.74, 6) is 3.29. The molecule has 0 radical (unpaired) electrons. The third-order valence-electron chi connectivity index (χ3n) is 7.54. The highest BCUT2D eigenvalue weighted by Gasteiger charge is 2.56. The Labute approximate surface area is 178 Å². The number of nitrogens with zero attached hydrogens (tertiary/aromatic N) is 2. The van der Waals surface area contributed by atoms with E-state index in [1.807, 2.05) is 22.7 Å². The molecule has 2 aromatic rings. The van der Waals surface area contributed by atoms with Crippen molar-refractivity contribution in [2.45, 2.75) is 61.3 Å². The Morgan fingerprint density at radius 3 is 2.79 bits per heavy atom. The molecule has 5 unspecified atom stereocenters. The summed E-state index contributed by atoms with van der Waals surface area (Å²) in [6.45, 7) is 1.85. The fourth-order valence-electron chi connectivity index (χ4n) is 6.25. The minimum absolute atomic E-state index is 0.0109. The van der Waals surface area contributed by atoms with Gasteiger partial charge in [-0.15, -0.1) is 11.8 Å². The Morgan fingerprint density at radius 1 is 1.17 bits per heavy atom. The number of hydrogen-bond donors (Lipinski definition) is 0. The Kier molecular flexibility index (Phi) is 4.45. The maximum Gasteiger partial charge on any atom is 0.308 e. The van der Waals surface area contributed by atoms with Gasteiger partial charge in [0.15, 0.2) is 0 Å². The minimum atomic E-state index is 0.0109. The largest absolute Gasteiger partial charge is 0.469 e. The van der Waals surface area contributed by atoms with Crippen LogP contribution in [0, 0.1) is 17.8 Å². The zero-order valence-electron chi connectivity index (χ0n) is 16.4. The molecule has 2 aromatic heterocycles.